The summed E-state index contributed by atoms with van der Waals surface area (Å²) in [6.45, 7) is 8.46. The fraction of sp³-hybridized carbons (Fsp3) is 0.500. The van der Waals surface area contributed by atoms with Crippen molar-refractivity contribution < 1.29 is 18.7 Å². The molecule has 0 bridgehead atoms. The lowest BCUT2D eigenvalue weighted by Gasteiger charge is -2.18. The van der Waals surface area contributed by atoms with Crippen LogP contribution in [-0.4, -0.2) is 25.5 Å². The Kier molecular flexibility index (Phi) is 10.1. The Bertz CT molecular complexity index is 625. The van der Waals surface area contributed by atoms with Gasteiger partial charge in [-0.2, -0.15) is 0 Å². The van der Waals surface area contributed by atoms with Crippen LogP contribution in [0.25, 0.3) is 0 Å². The van der Waals surface area contributed by atoms with Crippen molar-refractivity contribution in [3.05, 3.63) is 32.5 Å². The van der Waals surface area contributed by atoms with Crippen molar-refractivity contribution in [1.29, 1.82) is 0 Å². The molecule has 7 heteroatoms. The smallest absolute Gasteiger partial charge is 0.171 e. The van der Waals surface area contributed by atoms with Crippen LogP contribution < -0.4 is 9.47 Å². The molecule has 0 spiro atoms. The van der Waals surface area contributed by atoms with E-state index in [9.17, 15) is 4.39 Å². The highest BCUT2D eigenvalue weighted by molar-refractivity contribution is 9.28. The average Bonchev–Trinajstić information content (AvgIpc) is 2.55. The van der Waals surface area contributed by atoms with Gasteiger partial charge in [0.15, 0.2) is 18.2 Å². The molecule has 0 saturated carbocycles. The van der Waals surface area contributed by atoms with E-state index in [0.717, 1.165) is 14.7 Å². The van der Waals surface area contributed by atoms with Gasteiger partial charge >= 0.3 is 0 Å². The summed E-state index contributed by atoms with van der Waals surface area (Å²) in [5.41, 5.74) is 2.26. The van der Waals surface area contributed by atoms with E-state index in [1.807, 2.05) is 27.7 Å². The highest BCUT2D eigenvalue weighted by Crippen LogP contribution is 2.34. The lowest BCUT2D eigenvalue weighted by atomic mass is 10.0. The Morgan fingerprint density at radius 3 is 2.44 bits per heavy atom. The Balaban J connectivity index is 2.94. The van der Waals surface area contributed by atoms with Crippen molar-refractivity contribution in [3.8, 4) is 11.5 Å². The minimum Gasteiger partial charge on any atom is -0.489 e. The molecule has 0 unspecified atom stereocenters. The van der Waals surface area contributed by atoms with Gasteiger partial charge in [-0.25, -0.2) is 4.39 Å². The van der Waals surface area contributed by atoms with Crippen LogP contribution in [0.3, 0.4) is 0 Å². The molecule has 0 heterocycles. The predicted octanol–water partition coefficient (Wildman–Crippen LogP) is 5.75. The number of ether oxygens (including phenoxy) is 2. The van der Waals surface area contributed by atoms with Crippen LogP contribution in [0.5, 0.6) is 11.5 Å². The van der Waals surface area contributed by atoms with E-state index in [1.165, 1.54) is 0 Å². The summed E-state index contributed by atoms with van der Waals surface area (Å²) in [6, 6.07) is 1.70. The maximum Gasteiger partial charge on any atom is 0.171 e. The molecular formula is C18H24Br2FNO3. The van der Waals surface area contributed by atoms with E-state index < -0.39 is 0 Å². The van der Waals surface area contributed by atoms with Crippen molar-refractivity contribution >= 4 is 37.6 Å². The van der Waals surface area contributed by atoms with Gasteiger partial charge in [0.25, 0.3) is 0 Å². The molecular weight excluding hydrogens is 457 g/mol. The number of rotatable bonds is 10. The van der Waals surface area contributed by atoms with Crippen LogP contribution in [-0.2, 0) is 17.7 Å². The zero-order chi connectivity index (χ0) is 18.8. The SMILES string of the molecule is CCc1cc(OCC=C(Br)Br)c(F)c(CC)c1OCCON=C(C)C. The Hall–Kier alpha value is -1.08. The fourth-order valence-corrected chi connectivity index (χ4v) is 2.41. The number of benzene rings is 1. The maximum absolute atomic E-state index is 14.8. The molecule has 0 fully saturated rings. The minimum absolute atomic E-state index is 0.237. The second-order valence-electron chi connectivity index (χ2n) is 5.39. The van der Waals surface area contributed by atoms with E-state index >= 15 is 0 Å². The van der Waals surface area contributed by atoms with Gasteiger partial charge < -0.3 is 14.3 Å². The summed E-state index contributed by atoms with van der Waals surface area (Å²) < 4.78 is 26.9. The summed E-state index contributed by atoms with van der Waals surface area (Å²) in [6.07, 6.45) is 2.98. The van der Waals surface area contributed by atoms with Gasteiger partial charge in [-0.05, 0) is 76.3 Å². The fourth-order valence-electron chi connectivity index (χ4n) is 2.14. The zero-order valence-electron chi connectivity index (χ0n) is 15.0. The first-order chi connectivity index (χ1) is 11.9. The summed E-state index contributed by atoms with van der Waals surface area (Å²) in [7, 11) is 0. The maximum atomic E-state index is 14.8. The molecule has 25 heavy (non-hydrogen) atoms. The second kappa shape index (κ2) is 11.5. The number of hydrogen-bond acceptors (Lipinski definition) is 4. The predicted molar refractivity (Wildman–Crippen MR) is 107 cm³/mol. The minimum atomic E-state index is -0.378. The average molecular weight is 481 g/mol. The third-order valence-corrected chi connectivity index (χ3v) is 3.88. The Morgan fingerprint density at radius 1 is 1.16 bits per heavy atom. The van der Waals surface area contributed by atoms with Crippen LogP contribution >= 0.6 is 31.9 Å². The van der Waals surface area contributed by atoms with Gasteiger partial charge in [-0.1, -0.05) is 19.0 Å². The van der Waals surface area contributed by atoms with Gasteiger partial charge in [0.1, 0.15) is 19.0 Å². The van der Waals surface area contributed by atoms with Crippen LogP contribution in [0, 0.1) is 5.82 Å². The first-order valence-electron chi connectivity index (χ1n) is 8.14. The highest BCUT2D eigenvalue weighted by Gasteiger charge is 2.18. The third-order valence-electron chi connectivity index (χ3n) is 3.23. The molecule has 1 aromatic rings. The van der Waals surface area contributed by atoms with Gasteiger partial charge in [-0.15, -0.1) is 0 Å². The monoisotopic (exact) mass is 479 g/mol. The summed E-state index contributed by atoms with van der Waals surface area (Å²) in [5, 5.41) is 3.85. The summed E-state index contributed by atoms with van der Waals surface area (Å²) >= 11 is 6.49. The van der Waals surface area contributed by atoms with Crippen molar-refractivity contribution in [2.24, 2.45) is 5.16 Å². The Labute approximate surface area is 165 Å². The summed E-state index contributed by atoms with van der Waals surface area (Å²) in [4.78, 5) is 5.12. The van der Waals surface area contributed by atoms with E-state index in [4.69, 9.17) is 14.3 Å². The molecule has 4 nitrogen and oxygen atoms in total. The number of oxime groups is 1. The number of hydrogen-bond donors (Lipinski definition) is 0. The number of halogens is 3. The Morgan fingerprint density at radius 2 is 1.88 bits per heavy atom. The van der Waals surface area contributed by atoms with E-state index in [1.54, 1.807) is 12.1 Å². The van der Waals surface area contributed by atoms with Crippen molar-refractivity contribution in [2.45, 2.75) is 40.5 Å². The van der Waals surface area contributed by atoms with Gasteiger partial charge in [0.05, 0.1) is 9.10 Å². The van der Waals surface area contributed by atoms with Gasteiger partial charge in [0, 0.05) is 5.56 Å². The largest absolute Gasteiger partial charge is 0.489 e. The molecule has 0 N–H and O–H groups in total. The van der Waals surface area contributed by atoms with Crippen molar-refractivity contribution in [3.63, 3.8) is 0 Å². The lowest BCUT2D eigenvalue weighted by molar-refractivity contribution is 0.106. The molecule has 140 valence electrons. The molecule has 1 aromatic carbocycles. The zero-order valence-corrected chi connectivity index (χ0v) is 18.2. The summed E-state index contributed by atoms with van der Waals surface area (Å²) in [5.74, 6) is 0.436. The molecule has 0 radical (unpaired) electrons. The van der Waals surface area contributed by atoms with E-state index in [2.05, 4.69) is 37.0 Å². The molecule has 0 aromatic heterocycles. The lowest BCUT2D eigenvalue weighted by Crippen LogP contribution is -2.10. The molecule has 0 amide bonds. The van der Waals surface area contributed by atoms with Crippen LogP contribution in [0.2, 0.25) is 0 Å². The first-order valence-corrected chi connectivity index (χ1v) is 9.73. The highest BCUT2D eigenvalue weighted by atomic mass is 79.9. The second-order valence-corrected chi connectivity index (χ2v) is 8.16. The number of nitrogens with zero attached hydrogens (tertiary/aromatic N) is 1. The quantitative estimate of drug-likeness (QED) is 0.243. The van der Waals surface area contributed by atoms with E-state index in [0.29, 0.717) is 37.4 Å². The van der Waals surface area contributed by atoms with Crippen molar-refractivity contribution in [2.75, 3.05) is 19.8 Å². The van der Waals surface area contributed by atoms with Crippen molar-refractivity contribution in [1.82, 2.24) is 0 Å². The van der Waals surface area contributed by atoms with Gasteiger partial charge in [0.2, 0.25) is 0 Å². The molecule has 0 aliphatic heterocycles. The molecule has 1 rings (SSSR count). The molecule has 0 atom stereocenters. The van der Waals surface area contributed by atoms with Crippen LogP contribution in [0.1, 0.15) is 38.8 Å². The van der Waals surface area contributed by atoms with Crippen LogP contribution in [0.15, 0.2) is 20.7 Å². The normalized spacial score (nSPS) is 10.2. The standard InChI is InChI=1S/C18H24Br2FNO3/c1-5-13-11-15(23-8-7-16(19)20)17(21)14(6-2)18(13)24-9-10-25-22-12(3)4/h7,11H,5-6,8-10H2,1-4H3. The molecule has 0 saturated heterocycles. The van der Waals surface area contributed by atoms with Gasteiger partial charge in [-0.3, -0.25) is 0 Å². The molecule has 0 aliphatic rings. The topological polar surface area (TPSA) is 40.0 Å². The number of aryl methyl sites for hydroxylation is 1. The first kappa shape index (κ1) is 22.0. The third kappa shape index (κ3) is 7.36. The van der Waals surface area contributed by atoms with Crippen LogP contribution in [0.4, 0.5) is 4.39 Å². The van der Waals surface area contributed by atoms with E-state index in [-0.39, 0.29) is 18.2 Å². The molecule has 0 aliphatic carbocycles.